The van der Waals surface area contributed by atoms with Crippen molar-refractivity contribution in [3.63, 3.8) is 0 Å². The molecule has 0 N–H and O–H groups in total. The van der Waals surface area contributed by atoms with Crippen LogP contribution < -0.4 is 14.5 Å². The van der Waals surface area contributed by atoms with Crippen molar-refractivity contribution in [2.45, 2.75) is 6.92 Å². The summed E-state index contributed by atoms with van der Waals surface area (Å²) >= 11 is 0. The minimum atomic E-state index is 0.0851. The summed E-state index contributed by atoms with van der Waals surface area (Å²) in [4.78, 5) is 20.6. The van der Waals surface area contributed by atoms with E-state index >= 15 is 0 Å². The molecule has 4 rings (SSSR count). The molecule has 7 heteroatoms. The first-order valence-electron chi connectivity index (χ1n) is 9.59. The minimum absolute atomic E-state index is 0.0851. The van der Waals surface area contributed by atoms with E-state index in [1.165, 1.54) is 0 Å². The summed E-state index contributed by atoms with van der Waals surface area (Å²) in [6.07, 6.45) is 1.67. The molecule has 0 bridgehead atoms. The van der Waals surface area contributed by atoms with E-state index in [-0.39, 0.29) is 5.78 Å². The van der Waals surface area contributed by atoms with Crippen molar-refractivity contribution in [2.75, 3.05) is 43.1 Å². The quantitative estimate of drug-likeness (QED) is 0.621. The highest BCUT2D eigenvalue weighted by molar-refractivity contribution is 5.94. The Labute approximate surface area is 170 Å². The first kappa shape index (κ1) is 18.9. The lowest BCUT2D eigenvalue weighted by molar-refractivity contribution is 0.101. The lowest BCUT2D eigenvalue weighted by Gasteiger charge is -2.36. The molecular weight excluding hydrogens is 366 g/mol. The molecule has 0 unspecified atom stereocenters. The second-order valence-corrected chi connectivity index (χ2v) is 6.95. The van der Waals surface area contributed by atoms with E-state index in [9.17, 15) is 4.79 Å². The first-order valence-corrected chi connectivity index (χ1v) is 9.59. The number of nitrogens with zero attached hydrogens (tertiary/aromatic N) is 5. The number of piperazine rings is 1. The van der Waals surface area contributed by atoms with Gasteiger partial charge in [0.15, 0.2) is 5.78 Å². The number of ketones is 1. The van der Waals surface area contributed by atoms with E-state index in [4.69, 9.17) is 9.72 Å². The molecule has 7 nitrogen and oxygen atoms in total. The average molecular weight is 389 g/mol. The van der Waals surface area contributed by atoms with Gasteiger partial charge in [0.1, 0.15) is 5.75 Å². The van der Waals surface area contributed by atoms with Crippen molar-refractivity contribution in [3.05, 3.63) is 60.3 Å². The maximum absolute atomic E-state index is 11.5. The lowest BCUT2D eigenvalue weighted by atomic mass is 10.1. The van der Waals surface area contributed by atoms with Gasteiger partial charge in [-0.25, -0.2) is 4.98 Å². The van der Waals surface area contributed by atoms with Crippen LogP contribution in [0.1, 0.15) is 17.3 Å². The van der Waals surface area contributed by atoms with E-state index in [2.05, 4.69) is 20.0 Å². The van der Waals surface area contributed by atoms with Gasteiger partial charge in [-0.3, -0.25) is 4.79 Å². The largest absolute Gasteiger partial charge is 0.497 e. The Bertz CT molecular complexity index is 998. The maximum Gasteiger partial charge on any atom is 0.246 e. The molecule has 29 heavy (non-hydrogen) atoms. The summed E-state index contributed by atoms with van der Waals surface area (Å²) in [7, 11) is 1.65. The predicted molar refractivity (Wildman–Crippen MR) is 113 cm³/mol. The molecule has 1 aromatic heterocycles. The third kappa shape index (κ3) is 4.18. The van der Waals surface area contributed by atoms with Gasteiger partial charge >= 0.3 is 0 Å². The summed E-state index contributed by atoms with van der Waals surface area (Å²) in [5, 5.41) is 8.39. The van der Waals surface area contributed by atoms with Crippen molar-refractivity contribution in [1.29, 1.82) is 0 Å². The minimum Gasteiger partial charge on any atom is -0.497 e. The fourth-order valence-corrected chi connectivity index (χ4v) is 3.42. The molecular formula is C22H23N5O2. The molecule has 148 valence electrons. The second-order valence-electron chi connectivity index (χ2n) is 6.95. The number of hydrogen-bond acceptors (Lipinski definition) is 7. The highest BCUT2D eigenvalue weighted by Crippen LogP contribution is 2.24. The zero-order valence-electron chi connectivity index (χ0n) is 16.6. The Morgan fingerprint density at radius 1 is 1.00 bits per heavy atom. The zero-order valence-corrected chi connectivity index (χ0v) is 16.6. The van der Waals surface area contributed by atoms with Gasteiger partial charge in [0.2, 0.25) is 5.95 Å². The van der Waals surface area contributed by atoms with Gasteiger partial charge in [-0.2, -0.15) is 5.10 Å². The fourth-order valence-electron chi connectivity index (χ4n) is 3.42. The summed E-state index contributed by atoms with van der Waals surface area (Å²) in [5.74, 6) is 1.51. The fraction of sp³-hybridized carbons (Fsp3) is 0.273. The van der Waals surface area contributed by atoms with Gasteiger partial charge in [-0.1, -0.05) is 12.1 Å². The lowest BCUT2D eigenvalue weighted by Crippen LogP contribution is -2.47. The number of hydrogen-bond donors (Lipinski definition) is 0. The van der Waals surface area contributed by atoms with Gasteiger partial charge in [0.05, 0.1) is 19.0 Å². The second kappa shape index (κ2) is 8.26. The molecule has 2 heterocycles. The number of Topliss-reactive ketones (excluding diaryl/α,β-unsaturated/α-hetero) is 1. The average Bonchev–Trinajstić information content (AvgIpc) is 2.79. The molecule has 0 radical (unpaired) electrons. The predicted octanol–water partition coefficient (Wildman–Crippen LogP) is 3.08. The van der Waals surface area contributed by atoms with E-state index in [1.807, 2.05) is 48.5 Å². The van der Waals surface area contributed by atoms with Crippen LogP contribution >= 0.6 is 0 Å². The molecule has 0 atom stereocenters. The van der Waals surface area contributed by atoms with Crippen LogP contribution in [0.2, 0.25) is 0 Å². The number of ether oxygens (including phenoxy) is 1. The number of rotatable bonds is 5. The van der Waals surface area contributed by atoms with Crippen LogP contribution in [0.15, 0.2) is 54.7 Å². The van der Waals surface area contributed by atoms with E-state index in [0.29, 0.717) is 5.95 Å². The molecule has 0 amide bonds. The molecule has 0 aliphatic carbocycles. The van der Waals surface area contributed by atoms with E-state index in [1.54, 1.807) is 20.2 Å². The molecule has 1 saturated heterocycles. The molecule has 1 aliphatic rings. The van der Waals surface area contributed by atoms with Gasteiger partial charge in [-0.15, -0.1) is 5.10 Å². The third-order valence-electron chi connectivity index (χ3n) is 5.11. The van der Waals surface area contributed by atoms with Crippen molar-refractivity contribution in [1.82, 2.24) is 15.2 Å². The highest BCUT2D eigenvalue weighted by Gasteiger charge is 2.20. The van der Waals surface area contributed by atoms with Crippen molar-refractivity contribution < 1.29 is 9.53 Å². The summed E-state index contributed by atoms with van der Waals surface area (Å²) < 4.78 is 5.30. The van der Waals surface area contributed by atoms with Crippen LogP contribution in [0.25, 0.3) is 11.3 Å². The standard InChI is InChI=1S/C22H23N5O2/c1-16(28)17-6-8-19(9-7-17)26-10-12-27(13-11-26)22-24-21(15-23-25-22)18-4-3-5-20(14-18)29-2/h3-9,14-15H,10-13H2,1-2H3. The Morgan fingerprint density at radius 2 is 1.72 bits per heavy atom. The number of carbonyl (C=O) groups is 1. The maximum atomic E-state index is 11.5. The Hall–Kier alpha value is -3.48. The van der Waals surface area contributed by atoms with Gasteiger partial charge < -0.3 is 14.5 Å². The van der Waals surface area contributed by atoms with Crippen LogP contribution in [-0.2, 0) is 0 Å². The van der Waals surface area contributed by atoms with Gasteiger partial charge in [0.25, 0.3) is 0 Å². The molecule has 0 saturated carbocycles. The number of methoxy groups -OCH3 is 1. The summed E-state index contributed by atoms with van der Waals surface area (Å²) in [5.41, 5.74) is 3.58. The topological polar surface area (TPSA) is 71.5 Å². The molecule has 1 aliphatic heterocycles. The number of aromatic nitrogens is 3. The van der Waals surface area contributed by atoms with E-state index < -0.39 is 0 Å². The number of anilines is 2. The highest BCUT2D eigenvalue weighted by atomic mass is 16.5. The number of benzene rings is 2. The summed E-state index contributed by atoms with van der Waals surface area (Å²) in [6.45, 7) is 4.90. The molecule has 1 fully saturated rings. The van der Waals surface area contributed by atoms with Crippen LogP contribution in [0, 0.1) is 0 Å². The Morgan fingerprint density at radius 3 is 2.41 bits per heavy atom. The smallest absolute Gasteiger partial charge is 0.246 e. The van der Waals surface area contributed by atoms with E-state index in [0.717, 1.165) is 54.4 Å². The van der Waals surface area contributed by atoms with Crippen molar-refractivity contribution in [2.24, 2.45) is 0 Å². The van der Waals surface area contributed by atoms with Crippen LogP contribution in [0.5, 0.6) is 5.75 Å². The first-order chi connectivity index (χ1) is 14.1. The zero-order chi connectivity index (χ0) is 20.2. The Balaban J connectivity index is 1.45. The monoisotopic (exact) mass is 389 g/mol. The van der Waals surface area contributed by atoms with Gasteiger partial charge in [-0.05, 0) is 43.3 Å². The van der Waals surface area contributed by atoms with Crippen LogP contribution in [0.3, 0.4) is 0 Å². The number of carbonyl (C=O) groups excluding carboxylic acids is 1. The van der Waals surface area contributed by atoms with Gasteiger partial charge in [0, 0.05) is 43.0 Å². The van der Waals surface area contributed by atoms with Crippen molar-refractivity contribution in [3.8, 4) is 17.0 Å². The SMILES string of the molecule is COc1cccc(-c2cnnc(N3CCN(c4ccc(C(C)=O)cc4)CC3)n2)c1. The summed E-state index contributed by atoms with van der Waals surface area (Å²) in [6, 6.07) is 15.5. The molecule has 2 aromatic carbocycles. The third-order valence-corrected chi connectivity index (χ3v) is 5.11. The van der Waals surface area contributed by atoms with Crippen molar-refractivity contribution >= 4 is 17.4 Å². The Kier molecular flexibility index (Phi) is 5.37. The molecule has 3 aromatic rings. The van der Waals surface area contributed by atoms with Crippen LogP contribution in [-0.4, -0.2) is 54.3 Å². The normalized spacial score (nSPS) is 14.0. The van der Waals surface area contributed by atoms with Crippen LogP contribution in [0.4, 0.5) is 11.6 Å². The molecule has 0 spiro atoms.